The smallest absolute Gasteiger partial charge is 0.471 e. The predicted octanol–water partition coefficient (Wildman–Crippen LogP) is 2.18. The molecule has 1 rings (SSSR count). The van der Waals surface area contributed by atoms with Crippen LogP contribution in [0.5, 0.6) is 0 Å². The summed E-state index contributed by atoms with van der Waals surface area (Å²) in [6.07, 6.45) is -3.56. The van der Waals surface area contributed by atoms with Crippen LogP contribution in [0.3, 0.4) is 0 Å². The number of likely N-dealkylation sites (tertiary alicyclic amines) is 1. The number of nitrogens with zero attached hydrogens (tertiary/aromatic N) is 1. The number of aliphatic carboxylic acids is 1. The molecule has 0 bridgehead atoms. The lowest BCUT2D eigenvalue weighted by Gasteiger charge is -2.44. The van der Waals surface area contributed by atoms with Crippen molar-refractivity contribution >= 4 is 11.9 Å². The first-order chi connectivity index (χ1) is 8.25. The van der Waals surface area contributed by atoms with Crippen molar-refractivity contribution in [2.24, 2.45) is 0 Å². The molecule has 1 N–H and O–H groups in total. The van der Waals surface area contributed by atoms with Crippen molar-refractivity contribution in [3.05, 3.63) is 0 Å². The molecule has 1 amide bonds. The third kappa shape index (κ3) is 2.59. The molecule has 104 valence electrons. The van der Waals surface area contributed by atoms with E-state index >= 15 is 0 Å². The second-order valence-corrected chi connectivity index (χ2v) is 4.50. The molecule has 1 saturated heterocycles. The first kappa shape index (κ1) is 14.8. The van der Waals surface area contributed by atoms with E-state index in [0.717, 1.165) is 0 Å². The van der Waals surface area contributed by atoms with E-state index in [4.69, 9.17) is 0 Å². The minimum atomic E-state index is -5.02. The first-order valence-corrected chi connectivity index (χ1v) is 5.88. The number of alkyl halides is 3. The molecule has 0 saturated carbocycles. The van der Waals surface area contributed by atoms with Gasteiger partial charge in [-0.3, -0.25) is 4.79 Å². The van der Waals surface area contributed by atoms with Gasteiger partial charge in [0.1, 0.15) is 5.54 Å². The summed E-state index contributed by atoms with van der Waals surface area (Å²) < 4.78 is 37.5. The number of carboxylic acid groups (broad SMARTS) is 1. The lowest BCUT2D eigenvalue weighted by atomic mass is 9.82. The summed E-state index contributed by atoms with van der Waals surface area (Å²) in [7, 11) is 0. The van der Waals surface area contributed by atoms with Gasteiger partial charge in [0.25, 0.3) is 0 Å². The molecule has 1 heterocycles. The van der Waals surface area contributed by atoms with E-state index in [9.17, 15) is 27.9 Å². The highest BCUT2D eigenvalue weighted by molar-refractivity contribution is 5.90. The number of rotatable bonds is 3. The largest absolute Gasteiger partial charge is 0.479 e. The Bertz CT molecular complexity index is 339. The van der Waals surface area contributed by atoms with Crippen LogP contribution in [-0.4, -0.2) is 40.1 Å². The van der Waals surface area contributed by atoms with E-state index < -0.39 is 23.6 Å². The van der Waals surface area contributed by atoms with Gasteiger partial charge in [-0.1, -0.05) is 13.3 Å². The molecular weight excluding hydrogens is 251 g/mol. The Hall–Kier alpha value is -1.27. The molecule has 1 unspecified atom stereocenters. The summed E-state index contributed by atoms with van der Waals surface area (Å²) in [6, 6.07) is 0. The molecule has 0 radical (unpaired) electrons. The van der Waals surface area contributed by atoms with Crippen LogP contribution in [0.4, 0.5) is 13.2 Å². The maximum atomic E-state index is 12.5. The van der Waals surface area contributed by atoms with Crippen molar-refractivity contribution in [2.75, 3.05) is 6.54 Å². The monoisotopic (exact) mass is 267 g/mol. The second kappa shape index (κ2) is 5.16. The highest BCUT2D eigenvalue weighted by Crippen LogP contribution is 2.35. The number of piperidine rings is 1. The molecule has 1 atom stereocenters. The topological polar surface area (TPSA) is 57.6 Å². The molecule has 4 nitrogen and oxygen atoms in total. The van der Waals surface area contributed by atoms with Crippen LogP contribution < -0.4 is 0 Å². The van der Waals surface area contributed by atoms with Gasteiger partial charge in [-0.15, -0.1) is 0 Å². The first-order valence-electron chi connectivity index (χ1n) is 5.88. The number of halogens is 3. The van der Waals surface area contributed by atoms with Crippen molar-refractivity contribution in [3.63, 3.8) is 0 Å². The van der Waals surface area contributed by atoms with Gasteiger partial charge in [-0.2, -0.15) is 13.2 Å². The van der Waals surface area contributed by atoms with Gasteiger partial charge in [0, 0.05) is 6.54 Å². The number of carbonyl (C=O) groups excluding carboxylic acids is 1. The average molecular weight is 267 g/mol. The normalized spacial score (nSPS) is 25.0. The molecule has 0 spiro atoms. The fraction of sp³-hybridized carbons (Fsp3) is 0.818. The van der Waals surface area contributed by atoms with E-state index in [1.807, 2.05) is 0 Å². The molecule has 0 aliphatic carbocycles. The van der Waals surface area contributed by atoms with Crippen LogP contribution in [0.25, 0.3) is 0 Å². The van der Waals surface area contributed by atoms with Crippen LogP contribution >= 0.6 is 0 Å². The molecule has 1 aliphatic rings. The van der Waals surface area contributed by atoms with Gasteiger partial charge in [0.15, 0.2) is 0 Å². The average Bonchev–Trinajstić information content (AvgIpc) is 2.27. The third-order valence-corrected chi connectivity index (χ3v) is 3.29. The van der Waals surface area contributed by atoms with E-state index in [2.05, 4.69) is 0 Å². The summed E-state index contributed by atoms with van der Waals surface area (Å²) in [5, 5.41) is 9.24. The Balaban J connectivity index is 3.11. The zero-order chi connectivity index (χ0) is 14.0. The molecule has 7 heteroatoms. The molecule has 0 aromatic rings. The zero-order valence-corrected chi connectivity index (χ0v) is 10.1. The Morgan fingerprint density at radius 1 is 1.33 bits per heavy atom. The van der Waals surface area contributed by atoms with Crippen molar-refractivity contribution in [1.29, 1.82) is 0 Å². The quantitative estimate of drug-likeness (QED) is 0.852. The number of hydrogen-bond acceptors (Lipinski definition) is 2. The molecule has 0 aromatic heterocycles. The van der Waals surface area contributed by atoms with Gasteiger partial charge in [0.05, 0.1) is 0 Å². The van der Waals surface area contributed by atoms with Crippen LogP contribution in [-0.2, 0) is 9.59 Å². The Labute approximate surface area is 103 Å². The number of amides is 1. The molecule has 0 aromatic carbocycles. The SMILES string of the molecule is CCCC1(C(=O)O)CCCCN1C(=O)C(F)(F)F. The zero-order valence-electron chi connectivity index (χ0n) is 10.1. The fourth-order valence-electron chi connectivity index (χ4n) is 2.49. The fourth-order valence-corrected chi connectivity index (χ4v) is 2.49. The molecule has 1 aliphatic heterocycles. The summed E-state index contributed by atoms with van der Waals surface area (Å²) in [5.41, 5.74) is -1.69. The van der Waals surface area contributed by atoms with Gasteiger partial charge in [-0.05, 0) is 25.7 Å². The molecular formula is C11H16F3NO3. The highest BCUT2D eigenvalue weighted by Gasteiger charge is 2.54. The summed E-state index contributed by atoms with van der Waals surface area (Å²) >= 11 is 0. The maximum absolute atomic E-state index is 12.5. The van der Waals surface area contributed by atoms with Gasteiger partial charge in [0.2, 0.25) is 0 Å². The van der Waals surface area contributed by atoms with Crippen molar-refractivity contribution in [2.45, 2.75) is 50.7 Å². The van der Waals surface area contributed by atoms with E-state index in [1.54, 1.807) is 6.92 Å². The Morgan fingerprint density at radius 2 is 1.94 bits per heavy atom. The number of carbonyl (C=O) groups is 2. The molecule has 1 fully saturated rings. The summed E-state index contributed by atoms with van der Waals surface area (Å²) in [5.74, 6) is -3.39. The van der Waals surface area contributed by atoms with Crippen molar-refractivity contribution in [1.82, 2.24) is 4.90 Å². The minimum absolute atomic E-state index is 0.0458. The van der Waals surface area contributed by atoms with Crippen LogP contribution in [0, 0.1) is 0 Å². The van der Waals surface area contributed by atoms with Crippen LogP contribution in [0.1, 0.15) is 39.0 Å². The van der Waals surface area contributed by atoms with Gasteiger partial charge in [-0.25, -0.2) is 4.79 Å². The van der Waals surface area contributed by atoms with Gasteiger partial charge < -0.3 is 10.0 Å². The lowest BCUT2D eigenvalue weighted by Crippen LogP contribution is -2.62. The Kier molecular flexibility index (Phi) is 4.24. The molecule has 18 heavy (non-hydrogen) atoms. The highest BCUT2D eigenvalue weighted by atomic mass is 19.4. The van der Waals surface area contributed by atoms with Crippen LogP contribution in [0.15, 0.2) is 0 Å². The van der Waals surface area contributed by atoms with E-state index in [1.165, 1.54) is 0 Å². The second-order valence-electron chi connectivity index (χ2n) is 4.50. The third-order valence-electron chi connectivity index (χ3n) is 3.29. The standard InChI is InChI=1S/C11H16F3NO3/c1-2-5-10(9(17)18)6-3-4-7-15(10)8(16)11(12,13)14/h2-7H2,1H3,(H,17,18). The number of hydrogen-bond donors (Lipinski definition) is 1. The summed E-state index contributed by atoms with van der Waals surface area (Å²) in [6.45, 7) is 1.54. The van der Waals surface area contributed by atoms with Gasteiger partial charge >= 0.3 is 18.1 Å². The van der Waals surface area contributed by atoms with E-state index in [-0.39, 0.29) is 19.4 Å². The van der Waals surface area contributed by atoms with Crippen molar-refractivity contribution in [3.8, 4) is 0 Å². The minimum Gasteiger partial charge on any atom is -0.479 e. The van der Waals surface area contributed by atoms with Crippen LogP contribution in [0.2, 0.25) is 0 Å². The predicted molar refractivity (Wildman–Crippen MR) is 56.9 cm³/mol. The maximum Gasteiger partial charge on any atom is 0.471 e. The number of carboxylic acids is 1. The Morgan fingerprint density at radius 3 is 2.39 bits per heavy atom. The lowest BCUT2D eigenvalue weighted by molar-refractivity contribution is -0.198. The van der Waals surface area contributed by atoms with E-state index in [0.29, 0.717) is 24.2 Å². The van der Waals surface area contributed by atoms with Crippen molar-refractivity contribution < 1.29 is 27.9 Å². The summed E-state index contributed by atoms with van der Waals surface area (Å²) in [4.78, 5) is 23.2.